The molecule has 0 radical (unpaired) electrons. The monoisotopic (exact) mass is 226 g/mol. The van der Waals surface area contributed by atoms with Crippen molar-refractivity contribution in [1.82, 2.24) is 10.3 Å². The van der Waals surface area contributed by atoms with Crippen LogP contribution in [0.5, 0.6) is 0 Å². The van der Waals surface area contributed by atoms with Crippen molar-refractivity contribution in [3.05, 3.63) is 16.1 Å². The average molecular weight is 226 g/mol. The van der Waals surface area contributed by atoms with Crippen LogP contribution in [0.1, 0.15) is 42.2 Å². The van der Waals surface area contributed by atoms with Gasteiger partial charge in [-0.25, -0.2) is 4.98 Å². The van der Waals surface area contributed by atoms with Gasteiger partial charge in [0.25, 0.3) is 0 Å². The summed E-state index contributed by atoms with van der Waals surface area (Å²) in [6, 6.07) is 0. The molecule has 1 N–H and O–H groups in total. The fraction of sp³-hybridized carbons (Fsp3) is 0.727. The lowest BCUT2D eigenvalue weighted by Crippen LogP contribution is -2.12. The van der Waals surface area contributed by atoms with Gasteiger partial charge in [-0.15, -0.1) is 11.3 Å². The minimum Gasteiger partial charge on any atom is -0.371 e. The van der Waals surface area contributed by atoms with Crippen LogP contribution < -0.4 is 5.32 Å². The van der Waals surface area contributed by atoms with Gasteiger partial charge in [0.15, 0.2) is 0 Å². The molecule has 0 bridgehead atoms. The molecule has 1 aliphatic rings. The van der Waals surface area contributed by atoms with Crippen molar-refractivity contribution in [2.75, 3.05) is 13.2 Å². The van der Waals surface area contributed by atoms with Crippen molar-refractivity contribution in [3.63, 3.8) is 0 Å². The highest BCUT2D eigenvalue weighted by Crippen LogP contribution is 2.31. The molecule has 2 rings (SSSR count). The van der Waals surface area contributed by atoms with E-state index in [0.717, 1.165) is 31.1 Å². The second-order valence-corrected chi connectivity index (χ2v) is 4.99. The van der Waals surface area contributed by atoms with Crippen molar-refractivity contribution in [2.24, 2.45) is 0 Å². The van der Waals surface area contributed by atoms with Crippen molar-refractivity contribution in [1.29, 1.82) is 0 Å². The molecular weight excluding hydrogens is 208 g/mol. The molecule has 2 heterocycles. The van der Waals surface area contributed by atoms with Crippen molar-refractivity contribution < 1.29 is 4.74 Å². The van der Waals surface area contributed by atoms with Gasteiger partial charge < -0.3 is 10.1 Å². The molecule has 4 heteroatoms. The number of nitrogens with zero attached hydrogens (tertiary/aromatic N) is 1. The van der Waals surface area contributed by atoms with Crippen LogP contribution in [0.25, 0.3) is 0 Å². The summed E-state index contributed by atoms with van der Waals surface area (Å²) in [6.07, 6.45) is 5.74. The third kappa shape index (κ3) is 3.00. The maximum Gasteiger partial charge on any atom is 0.122 e. The first-order valence-corrected chi connectivity index (χ1v) is 6.48. The Morgan fingerprint density at radius 3 is 3.33 bits per heavy atom. The zero-order chi connectivity index (χ0) is 10.5. The van der Waals surface area contributed by atoms with Gasteiger partial charge in [-0.05, 0) is 25.8 Å². The molecule has 0 aromatic carbocycles. The third-order valence-electron chi connectivity index (χ3n) is 2.50. The predicted molar refractivity (Wildman–Crippen MR) is 62.0 cm³/mol. The Morgan fingerprint density at radius 2 is 2.60 bits per heavy atom. The van der Waals surface area contributed by atoms with E-state index in [2.05, 4.69) is 17.2 Å². The molecule has 15 heavy (non-hydrogen) atoms. The highest BCUT2D eigenvalue weighted by Gasteiger charge is 2.20. The predicted octanol–water partition coefficient (Wildman–Crippen LogP) is 2.49. The van der Waals surface area contributed by atoms with Crippen LogP contribution in [0, 0.1) is 0 Å². The van der Waals surface area contributed by atoms with E-state index in [-0.39, 0.29) is 6.10 Å². The van der Waals surface area contributed by atoms with Crippen LogP contribution in [0.4, 0.5) is 0 Å². The third-order valence-corrected chi connectivity index (χ3v) is 3.59. The zero-order valence-electron chi connectivity index (χ0n) is 9.16. The average Bonchev–Trinajstić information content (AvgIpc) is 2.87. The summed E-state index contributed by atoms with van der Waals surface area (Å²) in [6.45, 7) is 5.09. The SMILES string of the molecule is CCCNCc1cnc(C2CCCO2)s1. The molecule has 0 aliphatic carbocycles. The molecular formula is C11H18N2OS. The largest absolute Gasteiger partial charge is 0.371 e. The Labute approximate surface area is 94.9 Å². The Bertz CT molecular complexity index is 295. The molecule has 3 nitrogen and oxygen atoms in total. The van der Waals surface area contributed by atoms with Gasteiger partial charge in [-0.3, -0.25) is 0 Å². The fourth-order valence-electron chi connectivity index (χ4n) is 1.71. The topological polar surface area (TPSA) is 34.2 Å². The number of nitrogens with one attached hydrogen (secondary N) is 1. The summed E-state index contributed by atoms with van der Waals surface area (Å²) in [5.74, 6) is 0. The molecule has 0 amide bonds. The smallest absolute Gasteiger partial charge is 0.122 e. The Morgan fingerprint density at radius 1 is 1.67 bits per heavy atom. The first-order chi connectivity index (χ1) is 7.40. The van der Waals surface area contributed by atoms with E-state index in [1.54, 1.807) is 11.3 Å². The van der Waals surface area contributed by atoms with Crippen LogP contribution in [-0.4, -0.2) is 18.1 Å². The number of thiazole rings is 1. The minimum atomic E-state index is 0.273. The molecule has 1 fully saturated rings. The van der Waals surface area contributed by atoms with Crippen LogP contribution in [0.3, 0.4) is 0 Å². The van der Waals surface area contributed by atoms with Crippen LogP contribution in [0.2, 0.25) is 0 Å². The normalized spacial score (nSPS) is 21.0. The molecule has 0 saturated carbocycles. The molecule has 1 aromatic rings. The summed E-state index contributed by atoms with van der Waals surface area (Å²) in [7, 11) is 0. The molecule has 1 aliphatic heterocycles. The van der Waals surface area contributed by atoms with Gasteiger partial charge in [0.1, 0.15) is 11.1 Å². The quantitative estimate of drug-likeness (QED) is 0.783. The minimum absolute atomic E-state index is 0.273. The van der Waals surface area contributed by atoms with Crippen LogP contribution in [0.15, 0.2) is 6.20 Å². The maximum atomic E-state index is 5.61. The van der Waals surface area contributed by atoms with Crippen molar-refractivity contribution in [3.8, 4) is 0 Å². The summed E-state index contributed by atoms with van der Waals surface area (Å²) < 4.78 is 5.61. The zero-order valence-corrected chi connectivity index (χ0v) is 9.98. The molecule has 1 unspecified atom stereocenters. The number of hydrogen-bond donors (Lipinski definition) is 1. The summed E-state index contributed by atoms with van der Waals surface area (Å²) in [5.41, 5.74) is 0. The van der Waals surface area contributed by atoms with E-state index in [1.165, 1.54) is 17.7 Å². The second-order valence-electron chi connectivity index (χ2n) is 3.84. The van der Waals surface area contributed by atoms with Crippen LogP contribution in [-0.2, 0) is 11.3 Å². The van der Waals surface area contributed by atoms with Gasteiger partial charge in [-0.2, -0.15) is 0 Å². The van der Waals surface area contributed by atoms with E-state index in [1.807, 2.05) is 6.20 Å². The summed E-state index contributed by atoms with van der Waals surface area (Å²) in [5, 5.41) is 4.54. The molecule has 1 aromatic heterocycles. The fourth-order valence-corrected chi connectivity index (χ4v) is 2.69. The number of rotatable bonds is 5. The number of ether oxygens (including phenoxy) is 1. The van der Waals surface area contributed by atoms with Crippen molar-refractivity contribution >= 4 is 11.3 Å². The van der Waals surface area contributed by atoms with Crippen molar-refractivity contribution in [2.45, 2.75) is 38.8 Å². The van der Waals surface area contributed by atoms with Gasteiger partial charge in [0.05, 0.1) is 0 Å². The van der Waals surface area contributed by atoms with E-state index in [0.29, 0.717) is 0 Å². The van der Waals surface area contributed by atoms with E-state index >= 15 is 0 Å². The molecule has 84 valence electrons. The highest BCUT2D eigenvalue weighted by atomic mass is 32.1. The first-order valence-electron chi connectivity index (χ1n) is 5.67. The lowest BCUT2D eigenvalue weighted by molar-refractivity contribution is 0.111. The van der Waals surface area contributed by atoms with Crippen LogP contribution >= 0.6 is 11.3 Å². The van der Waals surface area contributed by atoms with E-state index in [9.17, 15) is 0 Å². The number of hydrogen-bond acceptors (Lipinski definition) is 4. The lowest BCUT2D eigenvalue weighted by Gasteiger charge is -2.03. The standard InChI is InChI=1S/C11H18N2OS/c1-2-5-12-7-9-8-13-11(15-9)10-4-3-6-14-10/h8,10,12H,2-7H2,1H3. The number of aromatic nitrogens is 1. The van der Waals surface area contributed by atoms with E-state index in [4.69, 9.17) is 4.74 Å². The first kappa shape index (κ1) is 11.0. The van der Waals surface area contributed by atoms with Gasteiger partial charge in [0, 0.05) is 24.2 Å². The van der Waals surface area contributed by atoms with Gasteiger partial charge in [0.2, 0.25) is 0 Å². The summed E-state index contributed by atoms with van der Waals surface area (Å²) >= 11 is 1.78. The van der Waals surface area contributed by atoms with Gasteiger partial charge in [-0.1, -0.05) is 6.92 Å². The molecule has 0 spiro atoms. The van der Waals surface area contributed by atoms with Gasteiger partial charge >= 0.3 is 0 Å². The Balaban J connectivity index is 1.86. The molecule has 1 saturated heterocycles. The highest BCUT2D eigenvalue weighted by molar-refractivity contribution is 7.11. The maximum absolute atomic E-state index is 5.61. The Hall–Kier alpha value is -0.450. The second kappa shape index (κ2) is 5.58. The molecule has 1 atom stereocenters. The Kier molecular flexibility index (Phi) is 4.11. The van der Waals surface area contributed by atoms with E-state index < -0.39 is 0 Å². The summed E-state index contributed by atoms with van der Waals surface area (Å²) in [4.78, 5) is 5.74. The lowest BCUT2D eigenvalue weighted by atomic mass is 10.2.